The lowest BCUT2D eigenvalue weighted by Gasteiger charge is -2.15. The number of fused-ring (bicyclic) bond motifs is 9. The zero-order valence-corrected chi connectivity index (χ0v) is 29.1. The van der Waals surface area contributed by atoms with Crippen LogP contribution in [0, 0.1) is 0 Å². The second kappa shape index (κ2) is 12.1. The minimum absolute atomic E-state index is 0.858. The highest BCUT2D eigenvalue weighted by Crippen LogP contribution is 2.40. The predicted octanol–water partition coefficient (Wildman–Crippen LogP) is 12.9. The van der Waals surface area contributed by atoms with Crippen molar-refractivity contribution >= 4 is 64.9 Å². The van der Waals surface area contributed by atoms with Crippen LogP contribution in [-0.2, 0) is 0 Å². The van der Waals surface area contributed by atoms with Gasteiger partial charge >= 0.3 is 0 Å². The van der Waals surface area contributed by atoms with Crippen LogP contribution in [0.4, 0.5) is 0 Å². The van der Waals surface area contributed by atoms with Crippen LogP contribution < -0.4 is 0 Å². The third-order valence-corrected chi connectivity index (χ3v) is 10.7. The molecule has 11 aromatic rings. The van der Waals surface area contributed by atoms with Crippen LogP contribution in [0.3, 0.4) is 0 Å². The molecule has 0 saturated heterocycles. The molecule has 0 bridgehead atoms. The Labute approximate surface area is 311 Å². The number of hydrogen-bond donors (Lipinski definition) is 0. The van der Waals surface area contributed by atoms with Gasteiger partial charge in [0.1, 0.15) is 0 Å². The Kier molecular flexibility index (Phi) is 6.82. The molecule has 0 fully saturated rings. The van der Waals surface area contributed by atoms with Gasteiger partial charge in [-0.05, 0) is 91.3 Å². The topological polar surface area (TPSA) is 51.6 Å². The lowest BCUT2D eigenvalue weighted by molar-refractivity contribution is 1.31. The van der Waals surface area contributed by atoms with Gasteiger partial charge in [-0.1, -0.05) is 121 Å². The Hall–Kier alpha value is -7.30. The molecule has 11 rings (SSSR count). The Balaban J connectivity index is 1.15. The maximum Gasteiger partial charge on any atom is 0.0972 e. The molecule has 0 aliphatic carbocycles. The molecule has 0 amide bonds. The highest BCUT2D eigenvalue weighted by atomic mass is 14.8. The van der Waals surface area contributed by atoms with Crippen molar-refractivity contribution < 1.29 is 0 Å². The fourth-order valence-corrected chi connectivity index (χ4v) is 8.01. The van der Waals surface area contributed by atoms with Gasteiger partial charge in [-0.3, -0.25) is 9.97 Å². The summed E-state index contributed by atoms with van der Waals surface area (Å²) in [7, 11) is 0. The molecule has 0 unspecified atom stereocenters. The van der Waals surface area contributed by atoms with E-state index in [4.69, 9.17) is 15.0 Å². The summed E-state index contributed by atoms with van der Waals surface area (Å²) in [4.78, 5) is 20.0. The SMILES string of the molecule is c1ccc(-c2ccc3ccc4cc(-c5cc(-c6ccc7ccncc7c6)cc(-c6cc7c8ccccc8ccc7c7ccccc67)n5)cnc4c3n2)cc1. The Morgan fingerprint density at radius 2 is 1.04 bits per heavy atom. The third kappa shape index (κ3) is 5.00. The molecule has 4 heterocycles. The summed E-state index contributed by atoms with van der Waals surface area (Å²) < 4.78 is 0. The first-order valence-corrected chi connectivity index (χ1v) is 18.2. The predicted molar refractivity (Wildman–Crippen MR) is 224 cm³/mol. The van der Waals surface area contributed by atoms with Gasteiger partial charge in [0, 0.05) is 51.4 Å². The lowest BCUT2D eigenvalue weighted by Crippen LogP contribution is -1.94. The first-order chi connectivity index (χ1) is 26.7. The maximum absolute atomic E-state index is 5.45. The van der Waals surface area contributed by atoms with E-state index in [0.717, 1.165) is 77.5 Å². The van der Waals surface area contributed by atoms with Crippen LogP contribution in [0.5, 0.6) is 0 Å². The van der Waals surface area contributed by atoms with Gasteiger partial charge < -0.3 is 0 Å². The van der Waals surface area contributed by atoms with Gasteiger partial charge in [-0.25, -0.2) is 9.97 Å². The van der Waals surface area contributed by atoms with Crippen molar-refractivity contribution in [2.75, 3.05) is 0 Å². The summed E-state index contributed by atoms with van der Waals surface area (Å²) in [5, 5.41) is 11.6. The van der Waals surface area contributed by atoms with Gasteiger partial charge in [0.2, 0.25) is 0 Å². The van der Waals surface area contributed by atoms with Crippen LogP contribution in [0.25, 0.3) is 110 Å². The highest BCUT2D eigenvalue weighted by molar-refractivity contribution is 6.21. The second-order valence-corrected chi connectivity index (χ2v) is 13.9. The van der Waals surface area contributed by atoms with Crippen LogP contribution in [0.2, 0.25) is 0 Å². The Morgan fingerprint density at radius 1 is 0.315 bits per heavy atom. The molecule has 0 radical (unpaired) electrons. The van der Waals surface area contributed by atoms with Crippen LogP contribution in [0.1, 0.15) is 0 Å². The quantitative estimate of drug-likeness (QED) is 0.173. The third-order valence-electron chi connectivity index (χ3n) is 10.7. The molecule has 0 aliphatic heterocycles. The fourth-order valence-electron chi connectivity index (χ4n) is 8.01. The molecule has 4 heteroatoms. The molecule has 54 heavy (non-hydrogen) atoms. The average molecular weight is 687 g/mol. The molecule has 7 aromatic carbocycles. The lowest BCUT2D eigenvalue weighted by atomic mass is 9.91. The van der Waals surface area contributed by atoms with E-state index < -0.39 is 0 Å². The van der Waals surface area contributed by atoms with E-state index in [1.807, 2.05) is 36.8 Å². The number of pyridine rings is 4. The summed E-state index contributed by atoms with van der Waals surface area (Å²) in [6, 6.07) is 58.2. The molecule has 0 aliphatic rings. The van der Waals surface area contributed by atoms with Crippen LogP contribution >= 0.6 is 0 Å². The monoisotopic (exact) mass is 686 g/mol. The summed E-state index contributed by atoms with van der Waals surface area (Å²) in [5.41, 5.74) is 9.77. The number of rotatable bonds is 4. The first kappa shape index (κ1) is 30.3. The van der Waals surface area contributed by atoms with Crippen molar-refractivity contribution in [1.82, 2.24) is 19.9 Å². The van der Waals surface area contributed by atoms with Crippen molar-refractivity contribution in [3.05, 3.63) is 182 Å². The normalized spacial score (nSPS) is 11.7. The molecule has 0 atom stereocenters. The van der Waals surface area contributed by atoms with E-state index in [-0.39, 0.29) is 0 Å². The molecule has 250 valence electrons. The van der Waals surface area contributed by atoms with Crippen molar-refractivity contribution in [3.8, 4) is 44.9 Å². The van der Waals surface area contributed by atoms with Gasteiger partial charge in [-0.2, -0.15) is 0 Å². The van der Waals surface area contributed by atoms with Gasteiger partial charge in [-0.15, -0.1) is 0 Å². The number of hydrogen-bond acceptors (Lipinski definition) is 4. The molecular formula is C50H30N4. The van der Waals surface area contributed by atoms with E-state index in [2.05, 4.69) is 151 Å². The van der Waals surface area contributed by atoms with Crippen molar-refractivity contribution in [1.29, 1.82) is 0 Å². The number of benzene rings is 7. The fraction of sp³-hybridized carbons (Fsp3) is 0. The van der Waals surface area contributed by atoms with E-state index in [9.17, 15) is 0 Å². The zero-order valence-electron chi connectivity index (χ0n) is 29.1. The minimum atomic E-state index is 0.858. The molecule has 0 saturated carbocycles. The van der Waals surface area contributed by atoms with E-state index in [0.29, 0.717) is 0 Å². The van der Waals surface area contributed by atoms with Crippen molar-refractivity contribution in [3.63, 3.8) is 0 Å². The van der Waals surface area contributed by atoms with Gasteiger partial charge in [0.15, 0.2) is 0 Å². The smallest absolute Gasteiger partial charge is 0.0972 e. The van der Waals surface area contributed by atoms with Crippen molar-refractivity contribution in [2.24, 2.45) is 0 Å². The van der Waals surface area contributed by atoms with Crippen molar-refractivity contribution in [2.45, 2.75) is 0 Å². The van der Waals surface area contributed by atoms with Crippen LogP contribution in [-0.4, -0.2) is 19.9 Å². The Bertz CT molecular complexity index is 3280. The average Bonchev–Trinajstić information content (AvgIpc) is 3.25. The van der Waals surface area contributed by atoms with E-state index in [1.165, 1.54) is 32.3 Å². The van der Waals surface area contributed by atoms with Gasteiger partial charge in [0.05, 0.1) is 28.1 Å². The van der Waals surface area contributed by atoms with E-state index in [1.54, 1.807) is 0 Å². The summed E-state index contributed by atoms with van der Waals surface area (Å²) >= 11 is 0. The molecule has 4 aromatic heterocycles. The first-order valence-electron chi connectivity index (χ1n) is 18.2. The van der Waals surface area contributed by atoms with Crippen LogP contribution in [0.15, 0.2) is 182 Å². The summed E-state index contributed by atoms with van der Waals surface area (Å²) in [6.07, 6.45) is 5.72. The largest absolute Gasteiger partial charge is 0.264 e. The minimum Gasteiger partial charge on any atom is -0.264 e. The molecular weight excluding hydrogens is 657 g/mol. The maximum atomic E-state index is 5.45. The molecule has 0 spiro atoms. The summed E-state index contributed by atoms with van der Waals surface area (Å²) in [5.74, 6) is 0. The second-order valence-electron chi connectivity index (χ2n) is 13.9. The summed E-state index contributed by atoms with van der Waals surface area (Å²) in [6.45, 7) is 0. The standard InChI is InChI=1S/C50H30N4/c1-2-9-33(10-3-1)46-21-19-34-15-17-36-25-39(30-52-49(36)50(34)54-46)47-26-37(35-16-14-31-22-23-51-29-38(31)24-35)27-48(53-47)45-28-44-40-11-5-4-8-32(40)18-20-43(44)41-12-6-7-13-42(41)45/h1-30H. The molecule has 4 nitrogen and oxygen atoms in total. The van der Waals surface area contributed by atoms with Gasteiger partial charge in [0.25, 0.3) is 0 Å². The van der Waals surface area contributed by atoms with E-state index >= 15 is 0 Å². The zero-order chi connectivity index (χ0) is 35.6. The number of aromatic nitrogens is 4. The number of nitrogens with zero attached hydrogens (tertiary/aromatic N) is 4. The Morgan fingerprint density at radius 3 is 1.96 bits per heavy atom. The molecule has 0 N–H and O–H groups in total. The highest BCUT2D eigenvalue weighted by Gasteiger charge is 2.16.